The molecule has 0 aliphatic rings. The van der Waals surface area contributed by atoms with Crippen molar-refractivity contribution in [1.82, 2.24) is 0 Å². The van der Waals surface area contributed by atoms with Gasteiger partial charge in [0.25, 0.3) is 0 Å². The number of hydrogen-bond donors (Lipinski definition) is 0. The zero-order valence-corrected chi connectivity index (χ0v) is 10.4. The van der Waals surface area contributed by atoms with Gasteiger partial charge in [-0.05, 0) is 37.6 Å². The summed E-state index contributed by atoms with van der Waals surface area (Å²) in [6, 6.07) is 7.76. The van der Waals surface area contributed by atoms with Crippen molar-refractivity contribution in [2.24, 2.45) is 0 Å². The van der Waals surface area contributed by atoms with Crippen LogP contribution in [0.15, 0.2) is 37.4 Å². The molecule has 0 saturated heterocycles. The van der Waals surface area contributed by atoms with E-state index in [0.29, 0.717) is 6.61 Å². The topological polar surface area (TPSA) is 18.5 Å². The Morgan fingerprint density at radius 3 is 1.88 bits per heavy atom. The molecule has 1 rings (SSSR count). The monoisotopic (exact) mass is 222 g/mol. The molecule has 0 aromatic heterocycles. The van der Waals surface area contributed by atoms with Crippen LogP contribution in [0.5, 0.6) is 11.5 Å². The van der Waals surface area contributed by atoms with Gasteiger partial charge in [-0.3, -0.25) is 0 Å². The number of unbranched alkanes of at least 4 members (excludes halogenated alkanes) is 1. The van der Waals surface area contributed by atoms with Crippen molar-refractivity contribution in [3.63, 3.8) is 0 Å². The Kier molecular flexibility index (Phi) is 9.18. The molecule has 16 heavy (non-hydrogen) atoms. The summed E-state index contributed by atoms with van der Waals surface area (Å²) in [6.07, 6.45) is 2.27. The zero-order chi connectivity index (χ0) is 12.2. The number of benzene rings is 1. The Morgan fingerprint density at radius 2 is 1.44 bits per heavy atom. The van der Waals surface area contributed by atoms with Crippen LogP contribution in [0.2, 0.25) is 0 Å². The maximum absolute atomic E-state index is 5.52. The third-order valence-corrected chi connectivity index (χ3v) is 1.90. The highest BCUT2D eigenvalue weighted by Gasteiger charge is 1.94. The highest BCUT2D eigenvalue weighted by atomic mass is 16.5. The van der Waals surface area contributed by atoms with Gasteiger partial charge >= 0.3 is 0 Å². The maximum Gasteiger partial charge on any atom is 0.119 e. The van der Waals surface area contributed by atoms with E-state index in [4.69, 9.17) is 9.47 Å². The van der Waals surface area contributed by atoms with E-state index in [1.165, 1.54) is 0 Å². The summed E-state index contributed by atoms with van der Waals surface area (Å²) in [4.78, 5) is 0. The van der Waals surface area contributed by atoms with Crippen molar-refractivity contribution in [2.45, 2.75) is 26.7 Å². The lowest BCUT2D eigenvalue weighted by Gasteiger charge is -2.06. The summed E-state index contributed by atoms with van der Waals surface area (Å²) in [5.74, 6) is 1.82. The van der Waals surface area contributed by atoms with Gasteiger partial charge in [-0.25, -0.2) is 0 Å². The molecule has 1 aromatic carbocycles. The second kappa shape index (κ2) is 10.1. The highest BCUT2D eigenvalue weighted by molar-refractivity contribution is 5.31. The minimum atomic E-state index is 0.704. The largest absolute Gasteiger partial charge is 0.494 e. The van der Waals surface area contributed by atoms with Gasteiger partial charge in [-0.2, -0.15) is 0 Å². The van der Waals surface area contributed by atoms with Crippen LogP contribution in [0.1, 0.15) is 26.7 Å². The van der Waals surface area contributed by atoms with Gasteiger partial charge in [0.1, 0.15) is 11.5 Å². The first kappa shape index (κ1) is 14.6. The number of hydrogen-bond acceptors (Lipinski definition) is 2. The molecule has 0 heterocycles. The van der Waals surface area contributed by atoms with E-state index in [1.807, 2.05) is 31.2 Å². The van der Waals surface area contributed by atoms with Gasteiger partial charge in [0, 0.05) is 0 Å². The normalized spacial score (nSPS) is 8.88. The van der Waals surface area contributed by atoms with Crippen molar-refractivity contribution >= 4 is 0 Å². The van der Waals surface area contributed by atoms with E-state index in [0.717, 1.165) is 30.9 Å². The van der Waals surface area contributed by atoms with Gasteiger partial charge in [0.2, 0.25) is 0 Å². The second-order valence-electron chi connectivity index (χ2n) is 3.11. The van der Waals surface area contributed by atoms with Crippen LogP contribution in [0.4, 0.5) is 0 Å². The van der Waals surface area contributed by atoms with Crippen LogP contribution in [0, 0.1) is 0 Å². The van der Waals surface area contributed by atoms with Gasteiger partial charge in [-0.1, -0.05) is 13.3 Å². The van der Waals surface area contributed by atoms with Crippen molar-refractivity contribution in [1.29, 1.82) is 0 Å². The van der Waals surface area contributed by atoms with E-state index >= 15 is 0 Å². The van der Waals surface area contributed by atoms with E-state index in [-0.39, 0.29) is 0 Å². The van der Waals surface area contributed by atoms with Gasteiger partial charge in [-0.15, -0.1) is 13.2 Å². The third-order valence-electron chi connectivity index (χ3n) is 1.90. The first-order chi connectivity index (χ1) is 7.86. The molecule has 0 fully saturated rings. The van der Waals surface area contributed by atoms with Gasteiger partial charge in [0.15, 0.2) is 0 Å². The molecule has 0 spiro atoms. The molecule has 0 atom stereocenters. The van der Waals surface area contributed by atoms with Crippen LogP contribution in [-0.4, -0.2) is 13.2 Å². The predicted molar refractivity (Wildman–Crippen MR) is 69.3 cm³/mol. The molecule has 2 heteroatoms. The molecular weight excluding hydrogens is 200 g/mol. The van der Waals surface area contributed by atoms with E-state index in [1.54, 1.807) is 0 Å². The quantitative estimate of drug-likeness (QED) is 0.533. The van der Waals surface area contributed by atoms with Crippen molar-refractivity contribution in [2.75, 3.05) is 13.2 Å². The fourth-order valence-corrected chi connectivity index (χ4v) is 1.13. The van der Waals surface area contributed by atoms with Crippen molar-refractivity contribution in [3.05, 3.63) is 37.4 Å². The van der Waals surface area contributed by atoms with Crippen LogP contribution < -0.4 is 9.47 Å². The van der Waals surface area contributed by atoms with E-state index < -0.39 is 0 Å². The lowest BCUT2D eigenvalue weighted by atomic mass is 10.3. The second-order valence-corrected chi connectivity index (χ2v) is 3.11. The van der Waals surface area contributed by atoms with Crippen LogP contribution in [0.3, 0.4) is 0 Å². The summed E-state index contributed by atoms with van der Waals surface area (Å²) < 4.78 is 10.9. The standard InChI is InChI=1S/C12H18O2.C2H4/c1-3-5-10-14-12-8-6-11(7-9-12)13-4-2;1-2/h6-9H,3-5,10H2,1-2H3;1-2H2. The molecule has 0 N–H and O–H groups in total. The molecule has 90 valence electrons. The van der Waals surface area contributed by atoms with Crippen molar-refractivity contribution < 1.29 is 9.47 Å². The highest BCUT2D eigenvalue weighted by Crippen LogP contribution is 2.17. The molecule has 0 unspecified atom stereocenters. The minimum Gasteiger partial charge on any atom is -0.494 e. The molecule has 0 aliphatic carbocycles. The summed E-state index contributed by atoms with van der Waals surface area (Å²) in [5, 5.41) is 0. The molecule has 2 nitrogen and oxygen atoms in total. The Hall–Kier alpha value is -1.44. The summed E-state index contributed by atoms with van der Waals surface area (Å²) in [5.41, 5.74) is 0. The molecule has 0 saturated carbocycles. The lowest BCUT2D eigenvalue weighted by molar-refractivity contribution is 0.307. The van der Waals surface area contributed by atoms with E-state index in [9.17, 15) is 0 Å². The molecule has 1 aromatic rings. The molecule has 0 radical (unpaired) electrons. The molecule has 0 bridgehead atoms. The predicted octanol–water partition coefficient (Wildman–Crippen LogP) is 4.07. The van der Waals surface area contributed by atoms with Crippen LogP contribution in [0.25, 0.3) is 0 Å². The summed E-state index contributed by atoms with van der Waals surface area (Å²) >= 11 is 0. The fourth-order valence-electron chi connectivity index (χ4n) is 1.13. The smallest absolute Gasteiger partial charge is 0.119 e. The molecule has 0 aliphatic heterocycles. The fraction of sp³-hybridized carbons (Fsp3) is 0.429. The van der Waals surface area contributed by atoms with Gasteiger partial charge in [0.05, 0.1) is 13.2 Å². The molecular formula is C14H22O2. The zero-order valence-electron chi connectivity index (χ0n) is 10.4. The number of ether oxygens (including phenoxy) is 2. The average molecular weight is 222 g/mol. The SMILES string of the molecule is C=C.CCCCOc1ccc(OCC)cc1. The first-order valence-electron chi connectivity index (χ1n) is 5.72. The lowest BCUT2D eigenvalue weighted by Crippen LogP contribution is -1.96. The Labute approximate surface area is 98.9 Å². The van der Waals surface area contributed by atoms with Crippen LogP contribution >= 0.6 is 0 Å². The van der Waals surface area contributed by atoms with Crippen LogP contribution in [-0.2, 0) is 0 Å². The third kappa shape index (κ3) is 6.12. The average Bonchev–Trinajstić information content (AvgIpc) is 2.35. The van der Waals surface area contributed by atoms with Gasteiger partial charge < -0.3 is 9.47 Å². The first-order valence-corrected chi connectivity index (χ1v) is 5.72. The summed E-state index contributed by atoms with van der Waals surface area (Å²) in [6.45, 7) is 11.6. The summed E-state index contributed by atoms with van der Waals surface area (Å²) in [7, 11) is 0. The Balaban J connectivity index is 0.00000106. The Morgan fingerprint density at radius 1 is 0.938 bits per heavy atom. The number of rotatable bonds is 6. The Bertz CT molecular complexity index is 254. The molecule has 0 amide bonds. The van der Waals surface area contributed by atoms with E-state index in [2.05, 4.69) is 20.1 Å². The minimum absolute atomic E-state index is 0.704. The maximum atomic E-state index is 5.52. The van der Waals surface area contributed by atoms with Crippen molar-refractivity contribution in [3.8, 4) is 11.5 Å².